The number of carbonyl (C=O) groups excluding carboxylic acids is 1. The number of benzene rings is 2. The summed E-state index contributed by atoms with van der Waals surface area (Å²) in [5.41, 5.74) is 5.86. The van der Waals surface area contributed by atoms with Crippen molar-refractivity contribution in [2.45, 2.75) is 38.1 Å². The van der Waals surface area contributed by atoms with Crippen molar-refractivity contribution in [1.82, 2.24) is 9.38 Å². The van der Waals surface area contributed by atoms with Gasteiger partial charge in [-0.3, -0.25) is 9.20 Å². The van der Waals surface area contributed by atoms with Gasteiger partial charge in [-0.05, 0) is 48.6 Å². The molecule has 4 nitrogen and oxygen atoms in total. The van der Waals surface area contributed by atoms with Crippen molar-refractivity contribution in [2.24, 2.45) is 0 Å². The van der Waals surface area contributed by atoms with Crippen molar-refractivity contribution < 1.29 is 4.79 Å². The zero-order chi connectivity index (χ0) is 21.3. The maximum absolute atomic E-state index is 12.8. The Morgan fingerprint density at radius 3 is 2.63 bits per heavy atom. The zero-order valence-corrected chi connectivity index (χ0v) is 18.2. The molecule has 2 aromatic heterocycles. The Balaban J connectivity index is 1.66. The summed E-state index contributed by atoms with van der Waals surface area (Å²) >= 11 is 1.48. The average Bonchev–Trinajstić information content (AvgIpc) is 3.16. The van der Waals surface area contributed by atoms with Gasteiger partial charge in [0.2, 0.25) is 0 Å². The topological polar surface area (TPSA) is 58.2 Å². The van der Waals surface area contributed by atoms with Crippen molar-refractivity contribution in [3.63, 3.8) is 0 Å². The van der Waals surface area contributed by atoms with E-state index in [4.69, 9.17) is 0 Å². The van der Waals surface area contributed by atoms with E-state index in [-0.39, 0.29) is 5.78 Å². The molecule has 4 aromatic rings. The molecular formula is C25H23N3OS. The number of fused-ring (bicyclic) bond motifs is 3. The first-order chi connectivity index (χ1) is 14.5. The third-order valence-corrected chi connectivity index (χ3v) is 6.62. The third-order valence-electron chi connectivity index (χ3n) is 5.62. The SMILES string of the molecule is CC[C@@H](C)c1ccc(C(=O)CSc2cc(C)c(C#N)c3nc4ccccc4n23)cc1. The van der Waals surface area contributed by atoms with Crippen molar-refractivity contribution in [3.05, 3.63) is 76.9 Å². The first-order valence-corrected chi connectivity index (χ1v) is 11.1. The fourth-order valence-electron chi connectivity index (χ4n) is 3.62. The molecule has 5 heteroatoms. The van der Waals surface area contributed by atoms with E-state index in [1.165, 1.54) is 17.3 Å². The molecule has 0 unspecified atom stereocenters. The molecule has 0 N–H and O–H groups in total. The van der Waals surface area contributed by atoms with Gasteiger partial charge in [0.1, 0.15) is 6.07 Å². The van der Waals surface area contributed by atoms with Crippen LogP contribution in [0, 0.1) is 18.3 Å². The number of para-hydroxylation sites is 2. The van der Waals surface area contributed by atoms with Gasteiger partial charge < -0.3 is 0 Å². The molecule has 0 spiro atoms. The Labute approximate surface area is 180 Å². The number of aromatic nitrogens is 2. The second-order valence-electron chi connectivity index (χ2n) is 7.56. The minimum atomic E-state index is 0.0929. The molecule has 0 amide bonds. The first kappa shape index (κ1) is 20.2. The van der Waals surface area contributed by atoms with Crippen molar-refractivity contribution >= 4 is 34.2 Å². The van der Waals surface area contributed by atoms with E-state index < -0.39 is 0 Å². The molecule has 0 bridgehead atoms. The van der Waals surface area contributed by atoms with Crippen molar-refractivity contribution in [3.8, 4) is 6.07 Å². The van der Waals surface area contributed by atoms with Crippen LogP contribution in [0.3, 0.4) is 0 Å². The van der Waals surface area contributed by atoms with Crippen LogP contribution < -0.4 is 0 Å². The number of Topliss-reactive ketones (excluding diaryl/α,β-unsaturated/α-hetero) is 1. The largest absolute Gasteiger partial charge is 0.293 e. The van der Waals surface area contributed by atoms with Crippen molar-refractivity contribution in [1.29, 1.82) is 5.26 Å². The molecule has 0 aliphatic heterocycles. The van der Waals surface area contributed by atoms with Gasteiger partial charge in [0.25, 0.3) is 0 Å². The lowest BCUT2D eigenvalue weighted by Gasteiger charge is -2.11. The van der Waals surface area contributed by atoms with Gasteiger partial charge in [0.05, 0.1) is 27.4 Å². The predicted octanol–water partition coefficient (Wildman–Crippen LogP) is 6.16. The number of carbonyl (C=O) groups is 1. The molecule has 30 heavy (non-hydrogen) atoms. The van der Waals surface area contributed by atoms with Crippen LogP contribution in [0.2, 0.25) is 0 Å². The number of hydrogen-bond acceptors (Lipinski definition) is 4. The van der Waals surface area contributed by atoms with E-state index >= 15 is 0 Å². The second kappa shape index (κ2) is 8.33. The highest BCUT2D eigenvalue weighted by molar-refractivity contribution is 8.00. The van der Waals surface area contributed by atoms with E-state index in [0.717, 1.165) is 33.6 Å². The molecule has 0 aliphatic rings. The van der Waals surface area contributed by atoms with Crippen LogP contribution in [-0.2, 0) is 0 Å². The van der Waals surface area contributed by atoms with Crippen LogP contribution in [0.4, 0.5) is 0 Å². The maximum Gasteiger partial charge on any atom is 0.173 e. The maximum atomic E-state index is 12.8. The van der Waals surface area contributed by atoms with Gasteiger partial charge in [-0.15, -0.1) is 0 Å². The lowest BCUT2D eigenvalue weighted by atomic mass is 9.97. The van der Waals surface area contributed by atoms with Crippen LogP contribution >= 0.6 is 11.8 Å². The highest BCUT2D eigenvalue weighted by Crippen LogP contribution is 2.30. The molecule has 0 aliphatic carbocycles. The smallest absolute Gasteiger partial charge is 0.173 e. The summed E-state index contributed by atoms with van der Waals surface area (Å²) in [6.45, 7) is 6.28. The van der Waals surface area contributed by atoms with E-state index in [9.17, 15) is 10.1 Å². The summed E-state index contributed by atoms with van der Waals surface area (Å²) < 4.78 is 1.99. The van der Waals surface area contributed by atoms with Crippen molar-refractivity contribution in [2.75, 3.05) is 5.75 Å². The molecule has 0 radical (unpaired) electrons. The summed E-state index contributed by atoms with van der Waals surface area (Å²) in [5, 5.41) is 10.5. The Morgan fingerprint density at radius 1 is 1.20 bits per heavy atom. The Morgan fingerprint density at radius 2 is 1.93 bits per heavy atom. The molecule has 0 fully saturated rings. The number of thioether (sulfide) groups is 1. The lowest BCUT2D eigenvalue weighted by Crippen LogP contribution is -2.05. The van der Waals surface area contributed by atoms with Crippen LogP contribution in [0.5, 0.6) is 0 Å². The normalized spacial score (nSPS) is 12.2. The van der Waals surface area contributed by atoms with Crippen LogP contribution in [-0.4, -0.2) is 20.9 Å². The highest BCUT2D eigenvalue weighted by atomic mass is 32.2. The van der Waals surface area contributed by atoms with Gasteiger partial charge in [-0.2, -0.15) is 5.26 Å². The standard InChI is InChI=1S/C25H23N3OS/c1-4-16(2)18-9-11-19(12-10-18)23(29)15-30-24-13-17(3)20(14-26)25-27-21-7-5-6-8-22(21)28(24)25/h5-13,16H,4,15H2,1-3H3/t16-/m1/s1. The fourth-order valence-corrected chi connectivity index (χ4v) is 4.64. The number of nitriles is 1. The monoisotopic (exact) mass is 413 g/mol. The van der Waals surface area contributed by atoms with Gasteiger partial charge in [0, 0.05) is 5.56 Å². The predicted molar refractivity (Wildman–Crippen MR) is 122 cm³/mol. The van der Waals surface area contributed by atoms with E-state index in [2.05, 4.69) is 37.0 Å². The summed E-state index contributed by atoms with van der Waals surface area (Å²) in [6, 6.07) is 20.0. The van der Waals surface area contributed by atoms with E-state index in [1.54, 1.807) is 0 Å². The molecule has 1 atom stereocenters. The minimum Gasteiger partial charge on any atom is -0.293 e. The van der Waals surface area contributed by atoms with Gasteiger partial charge in [-0.25, -0.2) is 4.98 Å². The molecule has 150 valence electrons. The second-order valence-corrected chi connectivity index (χ2v) is 8.55. The molecule has 2 heterocycles. The number of nitrogens with zero attached hydrogens (tertiary/aromatic N) is 3. The minimum absolute atomic E-state index is 0.0929. The van der Waals surface area contributed by atoms with Gasteiger partial charge in [0.15, 0.2) is 11.4 Å². The number of pyridine rings is 1. The van der Waals surface area contributed by atoms with Crippen LogP contribution in [0.1, 0.15) is 53.2 Å². The van der Waals surface area contributed by atoms with Crippen LogP contribution in [0.15, 0.2) is 59.6 Å². The highest BCUT2D eigenvalue weighted by Gasteiger charge is 2.16. The molecule has 0 saturated heterocycles. The molecule has 4 rings (SSSR count). The number of aryl methyl sites for hydroxylation is 1. The zero-order valence-electron chi connectivity index (χ0n) is 17.3. The number of rotatable bonds is 6. The summed E-state index contributed by atoms with van der Waals surface area (Å²) in [5.74, 6) is 0.915. The Kier molecular flexibility index (Phi) is 5.61. The molecule has 2 aromatic carbocycles. The summed E-state index contributed by atoms with van der Waals surface area (Å²) in [7, 11) is 0. The number of hydrogen-bond donors (Lipinski definition) is 0. The molecule has 0 saturated carbocycles. The van der Waals surface area contributed by atoms with Gasteiger partial charge >= 0.3 is 0 Å². The van der Waals surface area contributed by atoms with Crippen LogP contribution in [0.25, 0.3) is 16.7 Å². The first-order valence-electron chi connectivity index (χ1n) is 10.1. The lowest BCUT2D eigenvalue weighted by molar-refractivity contribution is 0.102. The molecular weight excluding hydrogens is 390 g/mol. The number of ketones is 1. The third kappa shape index (κ3) is 3.59. The van der Waals surface area contributed by atoms with E-state index in [1.807, 2.05) is 53.8 Å². The summed E-state index contributed by atoms with van der Waals surface area (Å²) in [4.78, 5) is 17.5. The van der Waals surface area contributed by atoms with E-state index in [0.29, 0.717) is 22.9 Å². The fraction of sp³-hybridized carbons (Fsp3) is 0.240. The number of imidazole rings is 1. The quantitative estimate of drug-likeness (QED) is 0.281. The Bertz CT molecular complexity index is 1280. The Hall–Kier alpha value is -3.10. The average molecular weight is 414 g/mol. The summed E-state index contributed by atoms with van der Waals surface area (Å²) in [6.07, 6.45) is 1.08. The van der Waals surface area contributed by atoms with Gasteiger partial charge in [-0.1, -0.05) is 62.0 Å².